The van der Waals surface area contributed by atoms with Crippen LogP contribution in [0.2, 0.25) is 10.0 Å². The first kappa shape index (κ1) is 16.9. The zero-order valence-electron chi connectivity index (χ0n) is 11.6. The third-order valence-corrected chi connectivity index (χ3v) is 4.88. The Balaban J connectivity index is 0.00000161. The molecule has 1 aromatic carbocycles. The molecule has 1 saturated heterocycles. The van der Waals surface area contributed by atoms with Gasteiger partial charge in [-0.05, 0) is 49.4 Å². The number of amides is 1. The van der Waals surface area contributed by atoms with Crippen molar-refractivity contribution in [3.8, 4) is 0 Å². The van der Waals surface area contributed by atoms with Crippen LogP contribution in [-0.4, -0.2) is 25.0 Å². The predicted molar refractivity (Wildman–Crippen MR) is 88.6 cm³/mol. The molecule has 1 heterocycles. The highest BCUT2D eigenvalue weighted by atomic mass is 35.5. The van der Waals surface area contributed by atoms with Crippen molar-refractivity contribution in [2.24, 2.45) is 5.92 Å². The van der Waals surface area contributed by atoms with Crippen LogP contribution in [0, 0.1) is 5.92 Å². The molecule has 2 N–H and O–H groups in total. The summed E-state index contributed by atoms with van der Waals surface area (Å²) < 4.78 is 0. The molecule has 1 aliphatic carbocycles. The van der Waals surface area contributed by atoms with E-state index in [1.807, 2.05) is 12.1 Å². The number of carbonyl (C=O) groups is 1. The first-order valence-electron chi connectivity index (χ1n) is 7.11. The molecule has 3 rings (SSSR count). The molecule has 1 amide bonds. The van der Waals surface area contributed by atoms with Crippen molar-refractivity contribution in [1.82, 2.24) is 10.6 Å². The number of nitrogens with one attached hydrogen (secondary N) is 2. The summed E-state index contributed by atoms with van der Waals surface area (Å²) in [6.45, 7) is 1.94. The Hall–Kier alpha value is -0.480. The minimum absolute atomic E-state index is 0. The molecular weight excluding hydrogens is 331 g/mol. The van der Waals surface area contributed by atoms with Gasteiger partial charge in [0.25, 0.3) is 0 Å². The monoisotopic (exact) mass is 348 g/mol. The molecule has 3 nitrogen and oxygen atoms in total. The van der Waals surface area contributed by atoms with Gasteiger partial charge in [-0.15, -0.1) is 12.4 Å². The van der Waals surface area contributed by atoms with Gasteiger partial charge >= 0.3 is 0 Å². The average Bonchev–Trinajstić information content (AvgIpc) is 3.23. The lowest BCUT2D eigenvalue weighted by Crippen LogP contribution is -2.46. The summed E-state index contributed by atoms with van der Waals surface area (Å²) in [5.41, 5.74) is 1.11. The molecule has 0 bridgehead atoms. The van der Waals surface area contributed by atoms with Crippen molar-refractivity contribution in [1.29, 1.82) is 0 Å². The van der Waals surface area contributed by atoms with Gasteiger partial charge in [0.05, 0.1) is 10.0 Å². The molecule has 0 aromatic heterocycles. The van der Waals surface area contributed by atoms with E-state index in [0.29, 0.717) is 16.0 Å². The van der Waals surface area contributed by atoms with Crippen LogP contribution in [0.5, 0.6) is 0 Å². The maximum atomic E-state index is 12.2. The Morgan fingerprint density at radius 3 is 2.76 bits per heavy atom. The summed E-state index contributed by atoms with van der Waals surface area (Å²) in [6, 6.07) is 5.93. The van der Waals surface area contributed by atoms with Gasteiger partial charge < -0.3 is 10.6 Å². The molecule has 0 radical (unpaired) electrons. The molecule has 2 unspecified atom stereocenters. The van der Waals surface area contributed by atoms with Crippen molar-refractivity contribution in [3.05, 3.63) is 33.8 Å². The molecule has 0 spiro atoms. The molecule has 116 valence electrons. The maximum absolute atomic E-state index is 12.2. The molecule has 21 heavy (non-hydrogen) atoms. The summed E-state index contributed by atoms with van der Waals surface area (Å²) in [4.78, 5) is 12.2. The number of hydrogen-bond acceptors (Lipinski definition) is 2. The van der Waals surface area contributed by atoms with Crippen molar-refractivity contribution >= 4 is 41.5 Å². The molecule has 2 aliphatic rings. The Morgan fingerprint density at radius 1 is 1.29 bits per heavy atom. The summed E-state index contributed by atoms with van der Waals surface area (Å²) in [5, 5.41) is 7.58. The van der Waals surface area contributed by atoms with Gasteiger partial charge in [0.2, 0.25) is 5.91 Å². The first-order valence-corrected chi connectivity index (χ1v) is 7.87. The van der Waals surface area contributed by atoms with E-state index < -0.39 is 0 Å². The summed E-state index contributed by atoms with van der Waals surface area (Å²) in [7, 11) is 0. The van der Waals surface area contributed by atoms with Crippen LogP contribution in [0.15, 0.2) is 18.2 Å². The standard InChI is InChI=1S/C15H18Cl2N2O.ClH/c16-13-4-3-9(6-14(13)17)11-7-12(11)15(20)19-10-2-1-5-18-8-10;/h3-4,6,10-12,18H,1-2,5,7-8H2,(H,19,20);1H/t10-,11?,12?;/m0./s1. The smallest absolute Gasteiger partial charge is 0.224 e. The minimum Gasteiger partial charge on any atom is -0.352 e. The number of piperidine rings is 1. The molecule has 2 fully saturated rings. The van der Waals surface area contributed by atoms with E-state index in [-0.39, 0.29) is 30.3 Å². The van der Waals surface area contributed by atoms with Crippen LogP contribution in [0.25, 0.3) is 0 Å². The fourth-order valence-corrected chi connectivity index (χ4v) is 3.19. The zero-order chi connectivity index (χ0) is 14.1. The number of halogens is 3. The number of carbonyl (C=O) groups excluding carboxylic acids is 1. The number of hydrogen-bond donors (Lipinski definition) is 2. The largest absolute Gasteiger partial charge is 0.352 e. The van der Waals surface area contributed by atoms with Crippen LogP contribution in [-0.2, 0) is 4.79 Å². The lowest BCUT2D eigenvalue weighted by Gasteiger charge is -2.23. The molecule has 1 saturated carbocycles. The normalized spacial score (nSPS) is 27.6. The van der Waals surface area contributed by atoms with Crippen molar-refractivity contribution in [2.45, 2.75) is 31.2 Å². The summed E-state index contributed by atoms with van der Waals surface area (Å²) >= 11 is 11.9. The quantitative estimate of drug-likeness (QED) is 0.878. The highest BCUT2D eigenvalue weighted by molar-refractivity contribution is 6.42. The maximum Gasteiger partial charge on any atom is 0.224 e. The lowest BCUT2D eigenvalue weighted by molar-refractivity contribution is -0.123. The highest BCUT2D eigenvalue weighted by Gasteiger charge is 2.44. The van der Waals surface area contributed by atoms with Crippen LogP contribution in [0.3, 0.4) is 0 Å². The topological polar surface area (TPSA) is 41.1 Å². The van der Waals surface area contributed by atoms with Crippen LogP contribution in [0.1, 0.15) is 30.7 Å². The summed E-state index contributed by atoms with van der Waals surface area (Å²) in [5.74, 6) is 0.560. The van der Waals surface area contributed by atoms with Crippen molar-refractivity contribution < 1.29 is 4.79 Å². The molecule has 1 aromatic rings. The minimum atomic E-state index is 0. The van der Waals surface area contributed by atoms with E-state index in [2.05, 4.69) is 10.6 Å². The third kappa shape index (κ3) is 4.04. The summed E-state index contributed by atoms with van der Waals surface area (Å²) in [6.07, 6.45) is 3.11. The van der Waals surface area contributed by atoms with E-state index in [1.54, 1.807) is 6.07 Å². The van der Waals surface area contributed by atoms with Crippen molar-refractivity contribution in [3.63, 3.8) is 0 Å². The van der Waals surface area contributed by atoms with Gasteiger partial charge in [-0.1, -0.05) is 29.3 Å². The third-order valence-electron chi connectivity index (χ3n) is 4.14. The van der Waals surface area contributed by atoms with Gasteiger partial charge in [-0.2, -0.15) is 0 Å². The second-order valence-electron chi connectivity index (χ2n) is 5.67. The second kappa shape index (κ2) is 7.19. The van der Waals surface area contributed by atoms with E-state index in [0.717, 1.165) is 37.9 Å². The van der Waals surface area contributed by atoms with Gasteiger partial charge in [-0.3, -0.25) is 4.79 Å². The van der Waals surface area contributed by atoms with E-state index >= 15 is 0 Å². The van der Waals surface area contributed by atoms with Gasteiger partial charge in [0, 0.05) is 18.5 Å². The number of benzene rings is 1. The molecule has 3 atom stereocenters. The van der Waals surface area contributed by atoms with Gasteiger partial charge in [-0.25, -0.2) is 0 Å². The molecular formula is C15H19Cl3N2O. The highest BCUT2D eigenvalue weighted by Crippen LogP contribution is 2.48. The van der Waals surface area contributed by atoms with Crippen molar-refractivity contribution in [2.75, 3.05) is 13.1 Å². The molecule has 1 aliphatic heterocycles. The predicted octanol–water partition coefficient (Wildman–Crippen LogP) is 3.39. The fraction of sp³-hybridized carbons (Fsp3) is 0.533. The lowest BCUT2D eigenvalue weighted by atomic mass is 10.1. The second-order valence-corrected chi connectivity index (χ2v) is 6.49. The Bertz CT molecular complexity index is 518. The van der Waals surface area contributed by atoms with Crippen LogP contribution < -0.4 is 10.6 Å². The van der Waals surface area contributed by atoms with Gasteiger partial charge in [0.1, 0.15) is 0 Å². The Labute approximate surface area is 141 Å². The Morgan fingerprint density at radius 2 is 2.10 bits per heavy atom. The first-order chi connectivity index (χ1) is 9.65. The Kier molecular flexibility index (Phi) is 5.78. The SMILES string of the molecule is Cl.O=C(N[C@H]1CCCNC1)C1CC1c1ccc(Cl)c(Cl)c1. The average molecular weight is 350 g/mol. The van der Waals surface area contributed by atoms with Crippen LogP contribution in [0.4, 0.5) is 0 Å². The van der Waals surface area contributed by atoms with E-state index in [9.17, 15) is 4.79 Å². The fourth-order valence-electron chi connectivity index (χ4n) is 2.88. The number of rotatable bonds is 3. The van der Waals surface area contributed by atoms with E-state index in [4.69, 9.17) is 23.2 Å². The van der Waals surface area contributed by atoms with E-state index in [1.165, 1.54) is 0 Å². The zero-order valence-corrected chi connectivity index (χ0v) is 13.9. The van der Waals surface area contributed by atoms with Crippen LogP contribution >= 0.6 is 35.6 Å². The molecule has 6 heteroatoms. The van der Waals surface area contributed by atoms with Gasteiger partial charge in [0.15, 0.2) is 0 Å².